The van der Waals surface area contributed by atoms with Crippen molar-refractivity contribution in [3.05, 3.63) is 22.7 Å². The SMILES string of the molecule is CCCCOP(=O)(O)CO[C@H](CO)Cn1ccc(N)nc1=O. The Morgan fingerprint density at radius 2 is 2.27 bits per heavy atom. The van der Waals surface area contributed by atoms with E-state index in [0.717, 1.165) is 6.42 Å². The molecule has 0 aromatic carbocycles. The molecule has 0 aliphatic rings. The second-order valence-electron chi connectivity index (χ2n) is 4.71. The summed E-state index contributed by atoms with van der Waals surface area (Å²) in [7, 11) is -3.87. The number of aliphatic hydroxyl groups is 1. The number of hydrogen-bond donors (Lipinski definition) is 3. The Kier molecular flexibility index (Phi) is 7.70. The monoisotopic (exact) mass is 335 g/mol. The van der Waals surface area contributed by atoms with Crippen LogP contribution in [-0.2, 0) is 20.4 Å². The molecule has 1 heterocycles. The number of nitrogens with zero attached hydrogens (tertiary/aromatic N) is 2. The predicted octanol–water partition coefficient (Wildman–Crippen LogP) is 0.163. The number of aromatic nitrogens is 2. The second-order valence-corrected chi connectivity index (χ2v) is 6.50. The maximum absolute atomic E-state index is 11.7. The molecule has 0 aliphatic carbocycles. The van der Waals surface area contributed by atoms with Crippen molar-refractivity contribution in [2.24, 2.45) is 0 Å². The molecular formula is C12H22N3O6P. The van der Waals surface area contributed by atoms with E-state index in [1.54, 1.807) is 0 Å². The number of hydrogen-bond acceptors (Lipinski definition) is 7. The average molecular weight is 335 g/mol. The van der Waals surface area contributed by atoms with Gasteiger partial charge in [0.05, 0.1) is 25.9 Å². The maximum Gasteiger partial charge on any atom is 0.353 e. The van der Waals surface area contributed by atoms with Gasteiger partial charge in [-0.15, -0.1) is 0 Å². The van der Waals surface area contributed by atoms with Gasteiger partial charge in [-0.1, -0.05) is 13.3 Å². The van der Waals surface area contributed by atoms with Gasteiger partial charge in [-0.05, 0) is 12.5 Å². The fraction of sp³-hybridized carbons (Fsp3) is 0.667. The molecule has 2 atom stereocenters. The third-order valence-electron chi connectivity index (χ3n) is 2.76. The Labute approximate surface area is 128 Å². The van der Waals surface area contributed by atoms with E-state index in [2.05, 4.69) is 4.98 Å². The van der Waals surface area contributed by atoms with Crippen LogP contribution >= 0.6 is 7.60 Å². The molecule has 1 rings (SSSR count). The number of ether oxygens (including phenoxy) is 1. The molecule has 1 unspecified atom stereocenters. The predicted molar refractivity (Wildman–Crippen MR) is 80.4 cm³/mol. The van der Waals surface area contributed by atoms with Gasteiger partial charge in [0.25, 0.3) is 0 Å². The van der Waals surface area contributed by atoms with Crippen LogP contribution in [0.3, 0.4) is 0 Å². The zero-order valence-corrected chi connectivity index (χ0v) is 13.3. The largest absolute Gasteiger partial charge is 0.394 e. The van der Waals surface area contributed by atoms with E-state index in [-0.39, 0.29) is 19.0 Å². The van der Waals surface area contributed by atoms with E-state index in [0.29, 0.717) is 6.42 Å². The Morgan fingerprint density at radius 3 is 2.86 bits per heavy atom. The molecule has 1 aromatic rings. The van der Waals surface area contributed by atoms with Crippen LogP contribution in [0.15, 0.2) is 17.1 Å². The van der Waals surface area contributed by atoms with Gasteiger partial charge in [-0.2, -0.15) is 4.98 Å². The highest BCUT2D eigenvalue weighted by molar-refractivity contribution is 7.52. The molecule has 0 saturated heterocycles. The average Bonchev–Trinajstić information content (AvgIpc) is 2.45. The third-order valence-corrected chi connectivity index (χ3v) is 3.83. The van der Waals surface area contributed by atoms with Gasteiger partial charge < -0.3 is 25.0 Å². The summed E-state index contributed by atoms with van der Waals surface area (Å²) in [4.78, 5) is 24.7. The number of aliphatic hydroxyl groups excluding tert-OH is 1. The van der Waals surface area contributed by atoms with Crippen molar-refractivity contribution in [3.8, 4) is 0 Å². The molecule has 0 aliphatic heterocycles. The summed E-state index contributed by atoms with van der Waals surface area (Å²) in [6.07, 6.45) is 1.53. The van der Waals surface area contributed by atoms with E-state index in [9.17, 15) is 19.4 Å². The van der Waals surface area contributed by atoms with Crippen molar-refractivity contribution in [2.75, 3.05) is 25.3 Å². The molecule has 9 nitrogen and oxygen atoms in total. The fourth-order valence-electron chi connectivity index (χ4n) is 1.55. The van der Waals surface area contributed by atoms with Crippen molar-refractivity contribution in [1.29, 1.82) is 0 Å². The van der Waals surface area contributed by atoms with Crippen molar-refractivity contribution >= 4 is 13.4 Å². The molecule has 0 fully saturated rings. The first-order valence-corrected chi connectivity index (χ1v) is 8.66. The molecule has 0 spiro atoms. The Hall–Kier alpha value is -1.25. The van der Waals surface area contributed by atoms with Gasteiger partial charge in [0.2, 0.25) is 0 Å². The summed E-state index contributed by atoms with van der Waals surface area (Å²) in [5.41, 5.74) is 4.78. The summed E-state index contributed by atoms with van der Waals surface area (Å²) in [5.74, 6) is 0.0897. The number of nitrogens with two attached hydrogens (primary N) is 1. The van der Waals surface area contributed by atoms with E-state index in [1.165, 1.54) is 16.8 Å². The van der Waals surface area contributed by atoms with Crippen molar-refractivity contribution in [3.63, 3.8) is 0 Å². The lowest BCUT2D eigenvalue weighted by Gasteiger charge is -2.19. The minimum atomic E-state index is -3.87. The Morgan fingerprint density at radius 1 is 1.55 bits per heavy atom. The molecule has 22 heavy (non-hydrogen) atoms. The number of rotatable bonds is 10. The van der Waals surface area contributed by atoms with Crippen molar-refractivity contribution in [1.82, 2.24) is 9.55 Å². The fourth-order valence-corrected chi connectivity index (χ4v) is 2.44. The lowest BCUT2D eigenvalue weighted by molar-refractivity contribution is 0.0167. The number of nitrogen functional groups attached to an aromatic ring is 1. The minimum Gasteiger partial charge on any atom is -0.394 e. The molecule has 0 amide bonds. The summed E-state index contributed by atoms with van der Waals surface area (Å²) >= 11 is 0. The molecular weight excluding hydrogens is 313 g/mol. The van der Waals surface area contributed by atoms with E-state index < -0.39 is 32.3 Å². The summed E-state index contributed by atoms with van der Waals surface area (Å²) in [5, 5.41) is 9.25. The van der Waals surface area contributed by atoms with Crippen LogP contribution < -0.4 is 11.4 Å². The van der Waals surface area contributed by atoms with Crippen LogP contribution in [0.1, 0.15) is 19.8 Å². The summed E-state index contributed by atoms with van der Waals surface area (Å²) in [6.45, 7) is 1.66. The van der Waals surface area contributed by atoms with Gasteiger partial charge >= 0.3 is 13.3 Å². The Balaban J connectivity index is 2.54. The quantitative estimate of drug-likeness (QED) is 0.406. The third kappa shape index (κ3) is 6.67. The van der Waals surface area contributed by atoms with Crippen molar-refractivity contribution < 1.29 is 23.8 Å². The summed E-state index contributed by atoms with van der Waals surface area (Å²) < 4.78 is 22.9. The molecule has 1 aromatic heterocycles. The maximum atomic E-state index is 11.7. The smallest absolute Gasteiger partial charge is 0.353 e. The van der Waals surface area contributed by atoms with Gasteiger partial charge in [-0.3, -0.25) is 9.13 Å². The topological polar surface area (TPSA) is 137 Å². The lowest BCUT2D eigenvalue weighted by atomic mass is 10.3. The minimum absolute atomic E-state index is 0.0163. The van der Waals surface area contributed by atoms with E-state index >= 15 is 0 Å². The van der Waals surface area contributed by atoms with Gasteiger partial charge in [0.1, 0.15) is 12.2 Å². The molecule has 10 heteroatoms. The van der Waals surface area contributed by atoms with E-state index in [4.69, 9.17) is 15.0 Å². The molecule has 0 bridgehead atoms. The summed E-state index contributed by atoms with van der Waals surface area (Å²) in [6, 6.07) is 1.43. The zero-order chi connectivity index (χ0) is 16.6. The zero-order valence-electron chi connectivity index (χ0n) is 12.4. The normalized spacial score (nSPS) is 15.4. The van der Waals surface area contributed by atoms with Crippen molar-refractivity contribution in [2.45, 2.75) is 32.4 Å². The van der Waals surface area contributed by atoms with Crippen LogP contribution in [0.4, 0.5) is 5.82 Å². The van der Waals surface area contributed by atoms with Crippen LogP contribution in [0.5, 0.6) is 0 Å². The standard InChI is InChI=1S/C12H22N3O6P/c1-2-3-6-21-22(18,19)9-20-10(8-16)7-15-5-4-11(13)14-12(15)17/h4-5,10,16H,2-3,6-9H2,1H3,(H,18,19)(H2,13,14,17)/t10-/m0/s1. The van der Waals surface area contributed by atoms with Gasteiger partial charge in [0, 0.05) is 6.20 Å². The lowest BCUT2D eigenvalue weighted by Crippen LogP contribution is -2.32. The first kappa shape index (κ1) is 18.8. The number of anilines is 1. The van der Waals surface area contributed by atoms with E-state index in [1.807, 2.05) is 6.92 Å². The second kappa shape index (κ2) is 9.02. The molecule has 0 saturated carbocycles. The molecule has 4 N–H and O–H groups in total. The van der Waals surface area contributed by atoms with Crippen LogP contribution in [0, 0.1) is 0 Å². The highest BCUT2D eigenvalue weighted by Gasteiger charge is 2.22. The van der Waals surface area contributed by atoms with Crippen LogP contribution in [0.2, 0.25) is 0 Å². The van der Waals surface area contributed by atoms with Gasteiger partial charge in [-0.25, -0.2) is 4.79 Å². The Bertz CT molecular complexity index is 564. The highest BCUT2D eigenvalue weighted by atomic mass is 31.2. The molecule has 126 valence electrons. The molecule has 0 radical (unpaired) electrons. The highest BCUT2D eigenvalue weighted by Crippen LogP contribution is 2.42. The van der Waals surface area contributed by atoms with Crippen LogP contribution in [-0.4, -0.2) is 45.2 Å². The number of unbranched alkanes of at least 4 members (excludes halogenated alkanes) is 1. The first-order chi connectivity index (χ1) is 10.4. The first-order valence-electron chi connectivity index (χ1n) is 6.89. The van der Waals surface area contributed by atoms with Crippen LogP contribution in [0.25, 0.3) is 0 Å². The van der Waals surface area contributed by atoms with Gasteiger partial charge in [0.15, 0.2) is 0 Å².